The van der Waals surface area contributed by atoms with Crippen molar-refractivity contribution in [3.8, 4) is 0 Å². The topological polar surface area (TPSA) is 102 Å². The van der Waals surface area contributed by atoms with Crippen molar-refractivity contribution >= 4 is 16.1 Å². The first-order valence-electron chi connectivity index (χ1n) is 7.61. The summed E-state index contributed by atoms with van der Waals surface area (Å²) in [5.41, 5.74) is 0.811. The standard InChI is InChI=1S/C15H23N3O4S/c1-3-13-10-18(8-9-22-13)15(19)17-11(2)12-4-6-14(7-5-12)23(16,20)21/h4-7,11,13H,3,8-10H2,1-2H3,(H,17,19)(H2,16,20,21)/t11-,13+/m0/s1. The van der Waals surface area contributed by atoms with Crippen LogP contribution in [0.25, 0.3) is 0 Å². The van der Waals surface area contributed by atoms with Gasteiger partial charge in [0.1, 0.15) is 0 Å². The summed E-state index contributed by atoms with van der Waals surface area (Å²) >= 11 is 0. The van der Waals surface area contributed by atoms with Gasteiger partial charge in [0, 0.05) is 13.1 Å². The molecule has 8 heteroatoms. The fourth-order valence-corrected chi connectivity index (χ4v) is 2.97. The van der Waals surface area contributed by atoms with E-state index < -0.39 is 10.0 Å². The van der Waals surface area contributed by atoms with Crippen LogP contribution in [-0.2, 0) is 14.8 Å². The number of carbonyl (C=O) groups excluding carboxylic acids is 1. The Hall–Kier alpha value is -1.64. The zero-order valence-corrected chi connectivity index (χ0v) is 14.2. The molecular weight excluding hydrogens is 318 g/mol. The highest BCUT2D eigenvalue weighted by atomic mass is 32.2. The monoisotopic (exact) mass is 341 g/mol. The third kappa shape index (κ3) is 4.66. The molecule has 3 N–H and O–H groups in total. The number of sulfonamides is 1. The number of amides is 2. The fourth-order valence-electron chi connectivity index (χ4n) is 2.46. The first-order chi connectivity index (χ1) is 10.8. The molecule has 23 heavy (non-hydrogen) atoms. The molecule has 0 aromatic heterocycles. The summed E-state index contributed by atoms with van der Waals surface area (Å²) in [7, 11) is -3.70. The summed E-state index contributed by atoms with van der Waals surface area (Å²) in [6.45, 7) is 5.57. The number of rotatable bonds is 4. The van der Waals surface area contributed by atoms with Crippen molar-refractivity contribution in [1.29, 1.82) is 0 Å². The SMILES string of the molecule is CC[C@@H]1CN(C(=O)N[C@@H](C)c2ccc(S(N)(=O)=O)cc2)CCO1. The summed E-state index contributed by atoms with van der Waals surface area (Å²) in [4.78, 5) is 14.1. The molecule has 2 atom stereocenters. The molecule has 1 saturated heterocycles. The Kier molecular flexibility index (Phi) is 5.61. The summed E-state index contributed by atoms with van der Waals surface area (Å²) in [6.07, 6.45) is 0.952. The van der Waals surface area contributed by atoms with E-state index >= 15 is 0 Å². The summed E-state index contributed by atoms with van der Waals surface area (Å²) < 4.78 is 28.0. The maximum absolute atomic E-state index is 12.3. The second-order valence-electron chi connectivity index (χ2n) is 5.63. The molecule has 0 radical (unpaired) electrons. The minimum Gasteiger partial charge on any atom is -0.375 e. The smallest absolute Gasteiger partial charge is 0.318 e. The van der Waals surface area contributed by atoms with E-state index in [1.807, 2.05) is 13.8 Å². The van der Waals surface area contributed by atoms with Crippen molar-refractivity contribution < 1.29 is 17.9 Å². The number of hydrogen-bond donors (Lipinski definition) is 2. The predicted octanol–water partition coefficient (Wildman–Crippen LogP) is 1.22. The molecule has 1 fully saturated rings. The van der Waals surface area contributed by atoms with Crippen LogP contribution >= 0.6 is 0 Å². The van der Waals surface area contributed by atoms with Gasteiger partial charge in [-0.15, -0.1) is 0 Å². The maximum Gasteiger partial charge on any atom is 0.318 e. The molecule has 0 unspecified atom stereocenters. The predicted molar refractivity (Wildman–Crippen MR) is 86.4 cm³/mol. The number of morpholine rings is 1. The van der Waals surface area contributed by atoms with E-state index in [0.29, 0.717) is 19.7 Å². The third-order valence-electron chi connectivity index (χ3n) is 3.93. The van der Waals surface area contributed by atoms with Crippen LogP contribution < -0.4 is 10.5 Å². The van der Waals surface area contributed by atoms with Gasteiger partial charge < -0.3 is 15.0 Å². The Morgan fingerprint density at radius 1 is 1.43 bits per heavy atom. The van der Waals surface area contributed by atoms with Gasteiger partial charge in [0.2, 0.25) is 10.0 Å². The zero-order valence-electron chi connectivity index (χ0n) is 13.4. The molecule has 1 aromatic rings. The van der Waals surface area contributed by atoms with Gasteiger partial charge in [-0.1, -0.05) is 19.1 Å². The van der Waals surface area contributed by atoms with Crippen molar-refractivity contribution in [2.75, 3.05) is 19.7 Å². The minimum atomic E-state index is -3.70. The number of hydrogen-bond acceptors (Lipinski definition) is 4. The van der Waals surface area contributed by atoms with Crippen molar-refractivity contribution in [3.63, 3.8) is 0 Å². The molecule has 0 spiro atoms. The van der Waals surface area contributed by atoms with Crippen molar-refractivity contribution in [2.24, 2.45) is 5.14 Å². The Bertz CT molecular complexity index is 645. The highest BCUT2D eigenvalue weighted by Gasteiger charge is 2.24. The quantitative estimate of drug-likeness (QED) is 0.859. The summed E-state index contributed by atoms with van der Waals surface area (Å²) in [5, 5.41) is 7.99. The van der Waals surface area contributed by atoms with Crippen LogP contribution in [0.15, 0.2) is 29.2 Å². The van der Waals surface area contributed by atoms with Gasteiger partial charge in [-0.25, -0.2) is 18.4 Å². The first kappa shape index (κ1) is 17.7. The second kappa shape index (κ2) is 7.29. The van der Waals surface area contributed by atoms with Crippen molar-refractivity contribution in [3.05, 3.63) is 29.8 Å². The molecule has 1 aromatic carbocycles. The van der Waals surface area contributed by atoms with Gasteiger partial charge in [0.05, 0.1) is 23.6 Å². The second-order valence-corrected chi connectivity index (χ2v) is 7.19. The number of primary sulfonamides is 1. The molecule has 2 amide bonds. The van der Waals surface area contributed by atoms with E-state index in [9.17, 15) is 13.2 Å². The minimum absolute atomic E-state index is 0.0544. The number of carbonyl (C=O) groups is 1. The lowest BCUT2D eigenvalue weighted by atomic mass is 10.1. The van der Waals surface area contributed by atoms with Crippen molar-refractivity contribution in [1.82, 2.24) is 10.2 Å². The highest BCUT2D eigenvalue weighted by Crippen LogP contribution is 2.16. The van der Waals surface area contributed by atoms with Gasteiger partial charge in [-0.3, -0.25) is 0 Å². The Morgan fingerprint density at radius 3 is 2.65 bits per heavy atom. The molecule has 0 saturated carbocycles. The Balaban J connectivity index is 1.98. The average molecular weight is 341 g/mol. The lowest BCUT2D eigenvalue weighted by Gasteiger charge is -2.33. The fraction of sp³-hybridized carbons (Fsp3) is 0.533. The van der Waals surface area contributed by atoms with Gasteiger partial charge in [0.15, 0.2) is 0 Å². The Labute approximate surface area is 136 Å². The van der Waals surface area contributed by atoms with Gasteiger partial charge in [-0.2, -0.15) is 0 Å². The lowest BCUT2D eigenvalue weighted by Crippen LogP contribution is -2.49. The number of ether oxygens (including phenoxy) is 1. The van der Waals surface area contributed by atoms with Crippen LogP contribution in [0.5, 0.6) is 0 Å². The molecule has 0 bridgehead atoms. The van der Waals surface area contributed by atoms with Crippen LogP contribution in [0.4, 0.5) is 4.79 Å². The van der Waals surface area contributed by atoms with E-state index in [-0.39, 0.29) is 23.1 Å². The molecule has 0 aliphatic carbocycles. The normalized spacial score (nSPS) is 20.1. The van der Waals surface area contributed by atoms with Crippen molar-refractivity contribution in [2.45, 2.75) is 37.3 Å². The van der Waals surface area contributed by atoms with E-state index in [1.54, 1.807) is 17.0 Å². The van der Waals surface area contributed by atoms with Crippen LogP contribution in [0.3, 0.4) is 0 Å². The number of nitrogens with zero attached hydrogens (tertiary/aromatic N) is 1. The van der Waals surface area contributed by atoms with Gasteiger partial charge >= 0.3 is 6.03 Å². The molecule has 1 heterocycles. The molecule has 1 aliphatic rings. The number of urea groups is 1. The lowest BCUT2D eigenvalue weighted by molar-refractivity contribution is -0.0156. The number of nitrogens with one attached hydrogen (secondary N) is 1. The third-order valence-corrected chi connectivity index (χ3v) is 4.86. The molecule has 128 valence electrons. The summed E-state index contributed by atoms with van der Waals surface area (Å²) in [5.74, 6) is 0. The summed E-state index contributed by atoms with van der Waals surface area (Å²) in [6, 6.07) is 5.80. The van der Waals surface area contributed by atoms with Crippen LogP contribution in [0, 0.1) is 0 Å². The van der Waals surface area contributed by atoms with Crippen LogP contribution in [0.2, 0.25) is 0 Å². The molecular formula is C15H23N3O4S. The Morgan fingerprint density at radius 2 is 2.09 bits per heavy atom. The molecule has 7 nitrogen and oxygen atoms in total. The first-order valence-corrected chi connectivity index (χ1v) is 9.15. The van der Waals surface area contributed by atoms with Crippen LogP contribution in [-0.4, -0.2) is 45.1 Å². The highest BCUT2D eigenvalue weighted by molar-refractivity contribution is 7.89. The van der Waals surface area contributed by atoms with E-state index in [2.05, 4.69) is 5.32 Å². The number of nitrogens with two attached hydrogens (primary N) is 1. The van der Waals surface area contributed by atoms with Gasteiger partial charge in [-0.05, 0) is 31.0 Å². The number of benzene rings is 1. The maximum atomic E-state index is 12.3. The van der Waals surface area contributed by atoms with Crippen LogP contribution in [0.1, 0.15) is 31.9 Å². The van der Waals surface area contributed by atoms with E-state index in [1.165, 1.54) is 12.1 Å². The molecule has 2 rings (SSSR count). The molecule has 1 aliphatic heterocycles. The zero-order chi connectivity index (χ0) is 17.0. The van der Waals surface area contributed by atoms with Gasteiger partial charge in [0.25, 0.3) is 0 Å². The van der Waals surface area contributed by atoms with E-state index in [4.69, 9.17) is 9.88 Å². The van der Waals surface area contributed by atoms with E-state index in [0.717, 1.165) is 12.0 Å². The average Bonchev–Trinajstić information content (AvgIpc) is 2.54. The largest absolute Gasteiger partial charge is 0.375 e.